The molecule has 0 aliphatic heterocycles. The first kappa shape index (κ1) is 15.1. The summed E-state index contributed by atoms with van der Waals surface area (Å²) in [7, 11) is 0. The summed E-state index contributed by atoms with van der Waals surface area (Å²) in [5, 5.41) is 0. The molecule has 0 amide bonds. The number of hydrogen-bond acceptors (Lipinski definition) is 0. The number of benzene rings is 2. The zero-order chi connectivity index (χ0) is 15.5. The van der Waals surface area contributed by atoms with Gasteiger partial charge in [0.2, 0.25) is 0 Å². The topological polar surface area (TPSA) is 0 Å². The average Bonchev–Trinajstić information content (AvgIpc) is 2.89. The predicted octanol–water partition coefficient (Wildman–Crippen LogP) is 6.29. The van der Waals surface area contributed by atoms with Crippen LogP contribution < -0.4 is 0 Å². The molecule has 0 atom stereocenters. The van der Waals surface area contributed by atoms with Gasteiger partial charge in [-0.1, -0.05) is 81.3 Å². The molecule has 0 spiro atoms. The molecule has 114 valence electrons. The Bertz CT molecular complexity index is 689. The minimum Gasteiger partial charge on any atom is -0.0651 e. The Kier molecular flexibility index (Phi) is 4.47. The molecule has 2 aromatic carbocycles. The molecule has 0 saturated carbocycles. The molecule has 1 aliphatic rings. The van der Waals surface area contributed by atoms with E-state index in [0.717, 1.165) is 18.8 Å². The fourth-order valence-corrected chi connectivity index (χ4v) is 3.60. The Morgan fingerprint density at radius 1 is 0.955 bits per heavy atom. The van der Waals surface area contributed by atoms with Crippen molar-refractivity contribution in [1.29, 1.82) is 0 Å². The van der Waals surface area contributed by atoms with Crippen LogP contribution in [0.4, 0.5) is 0 Å². The molecule has 1 aliphatic carbocycles. The SMILES string of the molecule is CCCc1ccccc1-c1cccc2c1C=C(CC(C)C)C2. The van der Waals surface area contributed by atoms with Gasteiger partial charge in [-0.2, -0.15) is 0 Å². The quantitative estimate of drug-likeness (QED) is 0.607. The van der Waals surface area contributed by atoms with E-state index in [1.165, 1.54) is 40.7 Å². The second-order valence-corrected chi connectivity index (χ2v) is 6.86. The zero-order valence-corrected chi connectivity index (χ0v) is 14.0. The number of fused-ring (bicyclic) bond motifs is 1. The van der Waals surface area contributed by atoms with Crippen molar-refractivity contribution in [3.05, 3.63) is 64.7 Å². The maximum absolute atomic E-state index is 2.45. The molecule has 0 aromatic heterocycles. The van der Waals surface area contributed by atoms with Gasteiger partial charge in [-0.15, -0.1) is 0 Å². The second kappa shape index (κ2) is 6.52. The molecule has 0 unspecified atom stereocenters. The average molecular weight is 290 g/mol. The fourth-order valence-electron chi connectivity index (χ4n) is 3.60. The van der Waals surface area contributed by atoms with Crippen molar-refractivity contribution in [2.24, 2.45) is 5.92 Å². The van der Waals surface area contributed by atoms with Gasteiger partial charge in [0.25, 0.3) is 0 Å². The van der Waals surface area contributed by atoms with Gasteiger partial charge in [0.15, 0.2) is 0 Å². The van der Waals surface area contributed by atoms with Crippen molar-refractivity contribution in [3.8, 4) is 11.1 Å². The summed E-state index contributed by atoms with van der Waals surface area (Å²) in [4.78, 5) is 0. The van der Waals surface area contributed by atoms with E-state index in [1.54, 1.807) is 5.57 Å². The van der Waals surface area contributed by atoms with Crippen molar-refractivity contribution < 1.29 is 0 Å². The number of rotatable bonds is 5. The first-order chi connectivity index (χ1) is 10.7. The molecule has 0 radical (unpaired) electrons. The van der Waals surface area contributed by atoms with Crippen LogP contribution in [0.3, 0.4) is 0 Å². The van der Waals surface area contributed by atoms with Crippen LogP contribution in [0, 0.1) is 5.92 Å². The predicted molar refractivity (Wildman–Crippen MR) is 97.0 cm³/mol. The molecular formula is C22H26. The molecule has 0 heteroatoms. The first-order valence-corrected chi connectivity index (χ1v) is 8.58. The molecule has 0 saturated heterocycles. The second-order valence-electron chi connectivity index (χ2n) is 6.86. The summed E-state index contributed by atoms with van der Waals surface area (Å²) in [6, 6.07) is 15.7. The van der Waals surface area contributed by atoms with Crippen LogP contribution in [0.25, 0.3) is 17.2 Å². The third-order valence-electron chi connectivity index (χ3n) is 4.46. The molecule has 0 fully saturated rings. The van der Waals surface area contributed by atoms with Crippen LogP contribution in [0.2, 0.25) is 0 Å². The molecule has 0 heterocycles. The van der Waals surface area contributed by atoms with Crippen molar-refractivity contribution in [2.75, 3.05) is 0 Å². The third kappa shape index (κ3) is 3.02. The monoisotopic (exact) mass is 290 g/mol. The molecule has 2 aromatic rings. The van der Waals surface area contributed by atoms with Crippen LogP contribution in [0.15, 0.2) is 48.0 Å². The van der Waals surface area contributed by atoms with E-state index in [1.807, 2.05) is 0 Å². The summed E-state index contributed by atoms with van der Waals surface area (Å²) in [5.41, 5.74) is 8.86. The lowest BCUT2D eigenvalue weighted by atomic mass is 9.92. The van der Waals surface area contributed by atoms with Crippen molar-refractivity contribution in [2.45, 2.75) is 46.5 Å². The zero-order valence-electron chi connectivity index (χ0n) is 14.0. The number of allylic oxidation sites excluding steroid dienone is 1. The van der Waals surface area contributed by atoms with Crippen LogP contribution >= 0.6 is 0 Å². The van der Waals surface area contributed by atoms with Crippen LogP contribution in [-0.4, -0.2) is 0 Å². The van der Waals surface area contributed by atoms with E-state index in [-0.39, 0.29) is 0 Å². The van der Waals surface area contributed by atoms with Gasteiger partial charge < -0.3 is 0 Å². The summed E-state index contributed by atoms with van der Waals surface area (Å²) < 4.78 is 0. The Morgan fingerprint density at radius 2 is 1.73 bits per heavy atom. The maximum Gasteiger partial charge on any atom is -0.00575 e. The number of aryl methyl sites for hydroxylation is 1. The lowest BCUT2D eigenvalue weighted by Crippen LogP contribution is -1.93. The standard InChI is InChI=1S/C22H26/c1-4-8-18-9-5-6-11-20(18)21-12-7-10-19-14-17(13-16(2)3)15-22(19)21/h5-7,9-12,15-16H,4,8,13-14H2,1-3H3. The molecule has 0 N–H and O–H groups in total. The highest BCUT2D eigenvalue weighted by Crippen LogP contribution is 2.37. The van der Waals surface area contributed by atoms with Gasteiger partial charge in [-0.25, -0.2) is 0 Å². The minimum absolute atomic E-state index is 0.733. The van der Waals surface area contributed by atoms with Crippen LogP contribution in [-0.2, 0) is 12.8 Å². The van der Waals surface area contributed by atoms with Gasteiger partial charge in [-0.05, 0) is 53.0 Å². The Morgan fingerprint density at radius 3 is 2.50 bits per heavy atom. The van der Waals surface area contributed by atoms with Crippen molar-refractivity contribution >= 4 is 6.08 Å². The van der Waals surface area contributed by atoms with E-state index < -0.39 is 0 Å². The summed E-state index contributed by atoms with van der Waals surface area (Å²) in [6.45, 7) is 6.87. The normalized spacial score (nSPS) is 13.4. The lowest BCUT2D eigenvalue weighted by Gasteiger charge is -2.12. The van der Waals surface area contributed by atoms with E-state index >= 15 is 0 Å². The van der Waals surface area contributed by atoms with Gasteiger partial charge in [-0.3, -0.25) is 0 Å². The molecule has 3 rings (SSSR count). The molecule has 22 heavy (non-hydrogen) atoms. The van der Waals surface area contributed by atoms with Gasteiger partial charge >= 0.3 is 0 Å². The highest BCUT2D eigenvalue weighted by Gasteiger charge is 2.18. The summed E-state index contributed by atoms with van der Waals surface area (Å²) in [6.07, 6.45) is 7.15. The largest absolute Gasteiger partial charge is 0.0651 e. The minimum atomic E-state index is 0.733. The van der Waals surface area contributed by atoms with E-state index in [0.29, 0.717) is 0 Å². The lowest BCUT2D eigenvalue weighted by molar-refractivity contribution is 0.638. The smallest absolute Gasteiger partial charge is 0.00575 e. The molecule has 0 bridgehead atoms. The van der Waals surface area contributed by atoms with E-state index in [9.17, 15) is 0 Å². The van der Waals surface area contributed by atoms with Gasteiger partial charge in [0, 0.05) is 0 Å². The van der Waals surface area contributed by atoms with Gasteiger partial charge in [0.05, 0.1) is 0 Å². The fraction of sp³-hybridized carbons (Fsp3) is 0.364. The molecular weight excluding hydrogens is 264 g/mol. The van der Waals surface area contributed by atoms with Crippen molar-refractivity contribution in [3.63, 3.8) is 0 Å². The summed E-state index contributed by atoms with van der Waals surface area (Å²) >= 11 is 0. The highest BCUT2D eigenvalue weighted by molar-refractivity contribution is 5.82. The Labute approximate surface area is 134 Å². The first-order valence-electron chi connectivity index (χ1n) is 8.58. The van der Waals surface area contributed by atoms with Crippen LogP contribution in [0.5, 0.6) is 0 Å². The van der Waals surface area contributed by atoms with Crippen molar-refractivity contribution in [1.82, 2.24) is 0 Å². The number of hydrogen-bond donors (Lipinski definition) is 0. The van der Waals surface area contributed by atoms with Crippen LogP contribution in [0.1, 0.15) is 50.3 Å². The van der Waals surface area contributed by atoms with E-state index in [4.69, 9.17) is 0 Å². The Balaban J connectivity index is 2.04. The summed E-state index contributed by atoms with van der Waals surface area (Å²) in [5.74, 6) is 0.733. The molecule has 0 nitrogen and oxygen atoms in total. The highest BCUT2D eigenvalue weighted by atomic mass is 14.2. The third-order valence-corrected chi connectivity index (χ3v) is 4.46. The Hall–Kier alpha value is -1.82. The van der Waals surface area contributed by atoms with E-state index in [2.05, 4.69) is 69.3 Å². The van der Waals surface area contributed by atoms with Gasteiger partial charge in [0.1, 0.15) is 0 Å². The maximum atomic E-state index is 2.45.